The standard InChI is InChI=1S/C14H17BN2O/c1-14(2)13-16-12(9-17(13)7-8-18-14)10-3-5-11(15)6-4-10/h3-6,9H,7-8,15H2,1-2H3. The number of hydrogen-bond acceptors (Lipinski definition) is 2. The molecule has 18 heavy (non-hydrogen) atoms. The fourth-order valence-corrected chi connectivity index (χ4v) is 2.39. The number of fused-ring (bicyclic) bond motifs is 1. The molecule has 1 aliphatic rings. The molecule has 3 nitrogen and oxygen atoms in total. The predicted octanol–water partition coefficient (Wildman–Crippen LogP) is 1.07. The van der Waals surface area contributed by atoms with Crippen LogP contribution in [0.2, 0.25) is 0 Å². The summed E-state index contributed by atoms with van der Waals surface area (Å²) in [6, 6.07) is 8.49. The van der Waals surface area contributed by atoms with Crippen LogP contribution in [0.1, 0.15) is 19.7 Å². The molecule has 0 N–H and O–H groups in total. The maximum absolute atomic E-state index is 5.78. The second kappa shape index (κ2) is 3.99. The smallest absolute Gasteiger partial charge is 0.141 e. The lowest BCUT2D eigenvalue weighted by atomic mass is 9.95. The molecule has 0 saturated heterocycles. The molecular weight excluding hydrogens is 223 g/mol. The second-order valence-corrected chi connectivity index (χ2v) is 5.37. The molecule has 0 aliphatic carbocycles. The third-order valence-corrected chi connectivity index (χ3v) is 3.46. The summed E-state index contributed by atoms with van der Waals surface area (Å²) in [7, 11) is 2.10. The van der Waals surface area contributed by atoms with E-state index >= 15 is 0 Å². The Kier molecular flexibility index (Phi) is 2.56. The van der Waals surface area contributed by atoms with E-state index in [2.05, 4.69) is 56.7 Å². The van der Waals surface area contributed by atoms with Crippen LogP contribution in [0.5, 0.6) is 0 Å². The third-order valence-electron chi connectivity index (χ3n) is 3.46. The first-order valence-corrected chi connectivity index (χ1v) is 6.35. The Bertz CT molecular complexity index is 572. The van der Waals surface area contributed by atoms with Crippen molar-refractivity contribution >= 4 is 13.3 Å². The van der Waals surface area contributed by atoms with Gasteiger partial charge in [-0.1, -0.05) is 29.7 Å². The highest BCUT2D eigenvalue weighted by Crippen LogP contribution is 2.30. The van der Waals surface area contributed by atoms with Gasteiger partial charge in [-0.25, -0.2) is 4.98 Å². The summed E-state index contributed by atoms with van der Waals surface area (Å²) in [5.41, 5.74) is 3.18. The van der Waals surface area contributed by atoms with Gasteiger partial charge in [0, 0.05) is 18.3 Å². The summed E-state index contributed by atoms with van der Waals surface area (Å²) in [6.45, 7) is 5.79. The zero-order valence-corrected chi connectivity index (χ0v) is 11.1. The van der Waals surface area contributed by atoms with Gasteiger partial charge < -0.3 is 9.30 Å². The van der Waals surface area contributed by atoms with Crippen molar-refractivity contribution < 1.29 is 4.74 Å². The number of imidazole rings is 1. The second-order valence-electron chi connectivity index (χ2n) is 5.37. The van der Waals surface area contributed by atoms with Gasteiger partial charge in [-0.3, -0.25) is 0 Å². The Hall–Kier alpha value is -1.55. The van der Waals surface area contributed by atoms with Crippen LogP contribution in [0.25, 0.3) is 11.3 Å². The highest BCUT2D eigenvalue weighted by molar-refractivity contribution is 6.32. The molecule has 2 aromatic rings. The molecule has 92 valence electrons. The number of benzene rings is 1. The molecule has 0 radical (unpaired) electrons. The Morgan fingerprint density at radius 2 is 2.00 bits per heavy atom. The number of ether oxygens (including phenoxy) is 1. The molecular formula is C14H17BN2O. The number of hydrogen-bond donors (Lipinski definition) is 0. The summed E-state index contributed by atoms with van der Waals surface area (Å²) in [6.07, 6.45) is 2.13. The van der Waals surface area contributed by atoms with Crippen LogP contribution in [0.4, 0.5) is 0 Å². The van der Waals surface area contributed by atoms with Gasteiger partial charge in [-0.2, -0.15) is 0 Å². The fraction of sp³-hybridized carbons (Fsp3) is 0.357. The van der Waals surface area contributed by atoms with E-state index in [4.69, 9.17) is 9.72 Å². The van der Waals surface area contributed by atoms with E-state index in [-0.39, 0.29) is 5.60 Å². The minimum absolute atomic E-state index is 0.290. The van der Waals surface area contributed by atoms with Crippen LogP contribution in [0, 0.1) is 0 Å². The van der Waals surface area contributed by atoms with Gasteiger partial charge >= 0.3 is 0 Å². The van der Waals surface area contributed by atoms with E-state index in [0.29, 0.717) is 0 Å². The summed E-state index contributed by atoms with van der Waals surface area (Å²) in [5.74, 6) is 1.02. The molecule has 1 aromatic carbocycles. The van der Waals surface area contributed by atoms with Crippen LogP contribution < -0.4 is 5.46 Å². The number of nitrogens with zero attached hydrogens (tertiary/aromatic N) is 2. The average Bonchev–Trinajstić information content (AvgIpc) is 2.75. The number of rotatable bonds is 1. The van der Waals surface area contributed by atoms with E-state index in [1.807, 2.05) is 0 Å². The molecule has 1 aromatic heterocycles. The van der Waals surface area contributed by atoms with Crippen molar-refractivity contribution in [2.75, 3.05) is 6.61 Å². The Morgan fingerprint density at radius 1 is 1.28 bits per heavy atom. The van der Waals surface area contributed by atoms with Crippen LogP contribution >= 0.6 is 0 Å². The Labute approximate surface area is 108 Å². The molecule has 3 rings (SSSR count). The van der Waals surface area contributed by atoms with E-state index in [9.17, 15) is 0 Å². The summed E-state index contributed by atoms with van der Waals surface area (Å²) in [5, 5.41) is 0. The normalized spacial score (nSPS) is 17.4. The molecule has 0 spiro atoms. The molecule has 2 heterocycles. The van der Waals surface area contributed by atoms with Crippen molar-refractivity contribution in [3.63, 3.8) is 0 Å². The maximum atomic E-state index is 5.78. The fourth-order valence-electron chi connectivity index (χ4n) is 2.39. The van der Waals surface area contributed by atoms with Gasteiger partial charge in [0.05, 0.1) is 12.3 Å². The van der Waals surface area contributed by atoms with Gasteiger partial charge in [0.25, 0.3) is 0 Å². The first-order valence-electron chi connectivity index (χ1n) is 6.35. The van der Waals surface area contributed by atoms with E-state index in [1.54, 1.807) is 0 Å². The van der Waals surface area contributed by atoms with E-state index in [0.717, 1.165) is 24.7 Å². The quantitative estimate of drug-likeness (QED) is 0.697. The minimum Gasteiger partial charge on any atom is -0.366 e. The van der Waals surface area contributed by atoms with Crippen LogP contribution in [0.3, 0.4) is 0 Å². The lowest BCUT2D eigenvalue weighted by Crippen LogP contribution is -2.33. The van der Waals surface area contributed by atoms with Gasteiger partial charge in [0.1, 0.15) is 19.3 Å². The van der Waals surface area contributed by atoms with Gasteiger partial charge in [0.15, 0.2) is 0 Å². The largest absolute Gasteiger partial charge is 0.366 e. The molecule has 0 atom stereocenters. The van der Waals surface area contributed by atoms with Crippen LogP contribution in [0.15, 0.2) is 30.5 Å². The highest BCUT2D eigenvalue weighted by atomic mass is 16.5. The monoisotopic (exact) mass is 240 g/mol. The number of aromatic nitrogens is 2. The molecule has 0 bridgehead atoms. The van der Waals surface area contributed by atoms with E-state index < -0.39 is 0 Å². The van der Waals surface area contributed by atoms with Crippen LogP contribution in [-0.4, -0.2) is 24.0 Å². The van der Waals surface area contributed by atoms with Crippen molar-refractivity contribution in [2.24, 2.45) is 0 Å². The molecule has 1 aliphatic heterocycles. The lowest BCUT2D eigenvalue weighted by molar-refractivity contribution is -0.0538. The maximum Gasteiger partial charge on any atom is 0.141 e. The topological polar surface area (TPSA) is 27.1 Å². The van der Waals surface area contributed by atoms with Crippen molar-refractivity contribution in [1.82, 2.24) is 9.55 Å². The highest BCUT2D eigenvalue weighted by Gasteiger charge is 2.31. The molecule has 0 amide bonds. The Balaban J connectivity index is 2.05. The molecule has 0 saturated carbocycles. The van der Waals surface area contributed by atoms with Crippen molar-refractivity contribution in [2.45, 2.75) is 26.0 Å². The van der Waals surface area contributed by atoms with Gasteiger partial charge in [-0.15, -0.1) is 0 Å². The minimum atomic E-state index is -0.290. The Morgan fingerprint density at radius 3 is 2.67 bits per heavy atom. The molecule has 0 unspecified atom stereocenters. The van der Waals surface area contributed by atoms with Crippen molar-refractivity contribution in [3.05, 3.63) is 36.3 Å². The molecule has 4 heteroatoms. The third kappa shape index (κ3) is 1.87. The predicted molar refractivity (Wildman–Crippen MR) is 74.8 cm³/mol. The summed E-state index contributed by atoms with van der Waals surface area (Å²) >= 11 is 0. The van der Waals surface area contributed by atoms with E-state index in [1.165, 1.54) is 11.0 Å². The lowest BCUT2D eigenvalue weighted by Gasteiger charge is -2.30. The van der Waals surface area contributed by atoms with Crippen molar-refractivity contribution in [1.29, 1.82) is 0 Å². The van der Waals surface area contributed by atoms with Gasteiger partial charge in [-0.05, 0) is 13.8 Å². The average molecular weight is 240 g/mol. The van der Waals surface area contributed by atoms with Crippen LogP contribution in [-0.2, 0) is 16.9 Å². The molecule has 0 fully saturated rings. The van der Waals surface area contributed by atoms with Crippen molar-refractivity contribution in [3.8, 4) is 11.3 Å². The first kappa shape index (κ1) is 11.5. The zero-order valence-electron chi connectivity index (χ0n) is 11.1. The summed E-state index contributed by atoms with van der Waals surface area (Å²) < 4.78 is 7.98. The summed E-state index contributed by atoms with van der Waals surface area (Å²) in [4.78, 5) is 4.74. The SMILES string of the molecule is Bc1ccc(-c2cn3c(n2)C(C)(C)OCC3)cc1. The van der Waals surface area contributed by atoms with Gasteiger partial charge in [0.2, 0.25) is 0 Å². The zero-order chi connectivity index (χ0) is 12.8. The first-order chi connectivity index (χ1) is 8.56.